The summed E-state index contributed by atoms with van der Waals surface area (Å²) in [6, 6.07) is 7.21. The Balaban J connectivity index is 1.35. The summed E-state index contributed by atoms with van der Waals surface area (Å²) in [5.41, 5.74) is 6.81. The number of carboxylic acid groups (broad SMARTS) is 1. The standard InChI is InChI=1S/C41H51N9O11/c1-21(2)14-30(45-40(59)46-31(39(57)58)17-24-19-43-29-11-6-5-10-27(24)29)35(54)48-34(22(3)49(4)37(56)28(42)16-23-8-7-9-25(51)15-23)36(55)44-20-26-18-32(52)38(61-26)50-13-12-33(53)47-41(50)60/h5-13,15,19-22,28,30-32,34,38,43,51-52H,14,16-18,42H2,1-4H3,(H,44,55)(H,48,54)(H,57,58)(H2,45,46,59)(H,47,53,60)/b26-20+. The van der Waals surface area contributed by atoms with Crippen LogP contribution in [-0.2, 0) is 36.8 Å². The minimum absolute atomic E-state index is 0.0192. The van der Waals surface area contributed by atoms with E-state index in [9.17, 15) is 48.9 Å². The molecule has 0 spiro atoms. The van der Waals surface area contributed by atoms with Crippen LogP contribution in [0.1, 0.15) is 51.0 Å². The molecule has 1 saturated heterocycles. The molecule has 11 N–H and O–H groups in total. The van der Waals surface area contributed by atoms with Gasteiger partial charge in [0.2, 0.25) is 23.9 Å². The lowest BCUT2D eigenvalue weighted by Crippen LogP contribution is -2.62. The second kappa shape index (κ2) is 19.9. The summed E-state index contributed by atoms with van der Waals surface area (Å²) < 4.78 is 6.69. The van der Waals surface area contributed by atoms with Crippen molar-refractivity contribution in [2.45, 2.75) is 89.0 Å². The number of likely N-dealkylation sites (N-methyl/N-ethyl adjacent to an activating group) is 1. The zero-order valence-electron chi connectivity index (χ0n) is 34.0. The maximum Gasteiger partial charge on any atom is 0.331 e. The summed E-state index contributed by atoms with van der Waals surface area (Å²) in [7, 11) is 1.39. The van der Waals surface area contributed by atoms with E-state index in [2.05, 4.69) is 31.2 Å². The maximum atomic E-state index is 14.1. The van der Waals surface area contributed by atoms with E-state index in [0.29, 0.717) is 11.1 Å². The number of fused-ring (bicyclic) bond motifs is 1. The number of carbonyl (C=O) groups is 5. The van der Waals surface area contributed by atoms with Crippen LogP contribution in [0.25, 0.3) is 10.9 Å². The Bertz CT molecular complexity index is 2390. The molecular formula is C41H51N9O11. The largest absolute Gasteiger partial charge is 0.508 e. The van der Waals surface area contributed by atoms with Crippen molar-refractivity contribution in [1.82, 2.24) is 40.7 Å². The van der Waals surface area contributed by atoms with Gasteiger partial charge in [0, 0.05) is 55.5 Å². The second-order valence-corrected chi connectivity index (χ2v) is 15.3. The van der Waals surface area contributed by atoms with Gasteiger partial charge in [-0.2, -0.15) is 0 Å². The Morgan fingerprint density at radius 3 is 2.39 bits per heavy atom. The molecule has 7 atom stereocenters. The van der Waals surface area contributed by atoms with Gasteiger partial charge in [-0.1, -0.05) is 44.2 Å². The van der Waals surface area contributed by atoms with Gasteiger partial charge in [-0.05, 0) is 55.0 Å². The van der Waals surface area contributed by atoms with E-state index < -0.39 is 83.5 Å². The fourth-order valence-corrected chi connectivity index (χ4v) is 6.94. The average molecular weight is 846 g/mol. The highest BCUT2D eigenvalue weighted by Gasteiger charge is 2.37. The van der Waals surface area contributed by atoms with E-state index in [0.717, 1.165) is 33.9 Å². The number of aromatic nitrogens is 3. The topological polar surface area (TPSA) is 303 Å². The van der Waals surface area contributed by atoms with Crippen LogP contribution in [0.3, 0.4) is 0 Å². The van der Waals surface area contributed by atoms with Gasteiger partial charge in [-0.15, -0.1) is 0 Å². The predicted molar refractivity (Wildman–Crippen MR) is 221 cm³/mol. The number of nitrogens with two attached hydrogens (primary N) is 1. The summed E-state index contributed by atoms with van der Waals surface area (Å²) in [5, 5.41) is 41.5. The summed E-state index contributed by atoms with van der Waals surface area (Å²) in [6.45, 7) is 5.08. The number of aromatic hydroxyl groups is 1. The number of hydrogen-bond donors (Lipinski definition) is 10. The van der Waals surface area contributed by atoms with Crippen molar-refractivity contribution in [3.8, 4) is 5.75 Å². The van der Waals surface area contributed by atoms with Gasteiger partial charge in [0.15, 0.2) is 0 Å². The normalized spacial score (nSPS) is 18.0. The van der Waals surface area contributed by atoms with Crippen LogP contribution in [0.4, 0.5) is 4.79 Å². The highest BCUT2D eigenvalue weighted by atomic mass is 16.5. The minimum Gasteiger partial charge on any atom is -0.508 e. The lowest BCUT2D eigenvalue weighted by atomic mass is 10.0. The minimum atomic E-state index is -1.51. The third-order valence-electron chi connectivity index (χ3n) is 10.2. The number of para-hydroxylation sites is 1. The van der Waals surface area contributed by atoms with Crippen LogP contribution >= 0.6 is 0 Å². The van der Waals surface area contributed by atoms with Crippen LogP contribution < -0.4 is 38.2 Å². The van der Waals surface area contributed by atoms with Crippen LogP contribution in [-0.4, -0.2) is 108 Å². The molecule has 20 heteroatoms. The van der Waals surface area contributed by atoms with E-state index in [4.69, 9.17) is 10.5 Å². The first-order valence-corrected chi connectivity index (χ1v) is 19.5. The molecule has 0 aliphatic carbocycles. The molecule has 7 unspecified atom stereocenters. The molecule has 1 fully saturated rings. The fraction of sp³-hybridized carbons (Fsp3) is 0.390. The zero-order valence-corrected chi connectivity index (χ0v) is 34.0. The number of H-pyrrole nitrogens is 2. The number of rotatable bonds is 17. The van der Waals surface area contributed by atoms with Gasteiger partial charge in [0.1, 0.15) is 35.7 Å². The molecule has 5 rings (SSSR count). The Morgan fingerprint density at radius 2 is 1.70 bits per heavy atom. The number of aliphatic hydroxyl groups excluding tert-OH is 1. The third-order valence-corrected chi connectivity index (χ3v) is 10.2. The number of phenolic OH excluding ortho intramolecular Hbond substituents is 1. The molecule has 2 aromatic carbocycles. The van der Waals surface area contributed by atoms with Crippen molar-refractivity contribution in [3.63, 3.8) is 0 Å². The average Bonchev–Trinajstić information content (AvgIpc) is 3.79. The quantitative estimate of drug-likeness (QED) is 0.0686. The van der Waals surface area contributed by atoms with E-state index in [1.54, 1.807) is 38.2 Å². The Hall–Kier alpha value is -6.93. The van der Waals surface area contributed by atoms with Gasteiger partial charge in [-0.25, -0.2) is 14.4 Å². The van der Waals surface area contributed by atoms with E-state index in [1.165, 1.54) is 31.0 Å². The van der Waals surface area contributed by atoms with Crippen molar-refractivity contribution >= 4 is 40.6 Å². The molecule has 0 bridgehead atoms. The molecular weight excluding hydrogens is 795 g/mol. The highest BCUT2D eigenvalue weighted by Crippen LogP contribution is 2.30. The predicted octanol–water partition coefficient (Wildman–Crippen LogP) is 0.272. The fourth-order valence-electron chi connectivity index (χ4n) is 6.94. The van der Waals surface area contributed by atoms with Crippen molar-refractivity contribution in [1.29, 1.82) is 0 Å². The SMILES string of the molecule is CC(C)CC(NC(=O)NC(Cc1c[nH]c2ccccc12)C(=O)O)C(=O)NC(C(=O)N/C=C1\CC(O)C(n2ccc(=O)[nH]c2=O)O1)C(C)N(C)C(=O)C(N)Cc1cccc(O)c1. The van der Waals surface area contributed by atoms with Crippen molar-refractivity contribution in [3.05, 3.63) is 111 Å². The van der Waals surface area contributed by atoms with Gasteiger partial charge in [0.05, 0.1) is 12.1 Å². The molecule has 2 aromatic heterocycles. The molecule has 5 amide bonds. The smallest absolute Gasteiger partial charge is 0.331 e. The first-order valence-electron chi connectivity index (χ1n) is 19.5. The van der Waals surface area contributed by atoms with Crippen LogP contribution in [0.15, 0.2) is 88.5 Å². The summed E-state index contributed by atoms with van der Waals surface area (Å²) >= 11 is 0. The number of benzene rings is 2. The lowest BCUT2D eigenvalue weighted by molar-refractivity contribution is -0.139. The molecule has 4 aromatic rings. The molecule has 3 heterocycles. The first-order chi connectivity index (χ1) is 28.9. The number of ether oxygens (including phenoxy) is 1. The van der Waals surface area contributed by atoms with Crippen molar-refractivity contribution in [2.75, 3.05) is 7.05 Å². The number of carboxylic acids is 1. The molecule has 0 radical (unpaired) electrons. The van der Waals surface area contributed by atoms with Crippen molar-refractivity contribution in [2.24, 2.45) is 11.7 Å². The molecule has 0 saturated carbocycles. The van der Waals surface area contributed by atoms with Gasteiger partial charge in [-0.3, -0.25) is 28.7 Å². The number of phenols is 1. The van der Waals surface area contributed by atoms with Crippen molar-refractivity contribution < 1.29 is 44.0 Å². The summed E-state index contributed by atoms with van der Waals surface area (Å²) in [4.78, 5) is 97.6. The van der Waals surface area contributed by atoms with Crippen LogP contribution in [0.2, 0.25) is 0 Å². The Kier molecular flexibility index (Phi) is 14.7. The lowest BCUT2D eigenvalue weighted by Gasteiger charge is -2.34. The number of nitrogens with zero attached hydrogens (tertiary/aromatic N) is 2. The monoisotopic (exact) mass is 845 g/mol. The number of hydrogen-bond acceptors (Lipinski definition) is 11. The molecule has 326 valence electrons. The maximum absolute atomic E-state index is 14.1. The third kappa shape index (κ3) is 11.6. The van der Waals surface area contributed by atoms with E-state index >= 15 is 0 Å². The van der Waals surface area contributed by atoms with E-state index in [1.807, 2.05) is 18.2 Å². The number of aliphatic carboxylic acids is 1. The van der Waals surface area contributed by atoms with E-state index in [-0.39, 0.29) is 43.1 Å². The first kappa shape index (κ1) is 45.2. The summed E-state index contributed by atoms with van der Waals surface area (Å²) in [5.74, 6) is -3.76. The number of amides is 5. The molecule has 1 aliphatic rings. The van der Waals surface area contributed by atoms with Crippen LogP contribution in [0, 0.1) is 5.92 Å². The Labute approximate surface area is 349 Å². The van der Waals surface area contributed by atoms with Crippen LogP contribution in [0.5, 0.6) is 5.75 Å². The number of carbonyl (C=O) groups excluding carboxylic acids is 4. The zero-order chi connectivity index (χ0) is 44.5. The molecule has 20 nitrogen and oxygen atoms in total. The number of aromatic amines is 2. The second-order valence-electron chi connectivity index (χ2n) is 15.3. The number of urea groups is 1. The van der Waals surface area contributed by atoms with Gasteiger partial charge >= 0.3 is 17.7 Å². The number of nitrogens with one attached hydrogen (secondary N) is 6. The molecule has 61 heavy (non-hydrogen) atoms. The Morgan fingerprint density at radius 1 is 0.984 bits per heavy atom. The molecule has 1 aliphatic heterocycles. The highest BCUT2D eigenvalue weighted by molar-refractivity contribution is 5.94. The number of aliphatic hydroxyl groups is 1. The van der Waals surface area contributed by atoms with Gasteiger partial charge < -0.3 is 56.9 Å². The van der Waals surface area contributed by atoms with Gasteiger partial charge in [0.25, 0.3) is 5.56 Å². The summed E-state index contributed by atoms with van der Waals surface area (Å²) in [6.07, 6.45) is 1.31.